The maximum absolute atomic E-state index is 9.87. The molecule has 0 saturated carbocycles. The summed E-state index contributed by atoms with van der Waals surface area (Å²) < 4.78 is 1.84. The van der Waals surface area contributed by atoms with E-state index in [0.717, 1.165) is 5.82 Å². The van der Waals surface area contributed by atoms with Gasteiger partial charge in [-0.15, -0.1) is 0 Å². The fraction of sp³-hybridized carbons (Fsp3) is 0.333. The highest BCUT2D eigenvalue weighted by molar-refractivity contribution is 5.45. The van der Waals surface area contributed by atoms with Crippen molar-refractivity contribution in [2.75, 3.05) is 0 Å². The minimum absolute atomic E-state index is 0.495. The van der Waals surface area contributed by atoms with E-state index in [1.165, 1.54) is 0 Å². The van der Waals surface area contributed by atoms with E-state index in [2.05, 4.69) is 10.3 Å². The lowest BCUT2D eigenvalue weighted by Crippen LogP contribution is -2.16. The van der Waals surface area contributed by atoms with Crippen molar-refractivity contribution in [3.8, 4) is 0 Å². The van der Waals surface area contributed by atoms with Crippen LogP contribution in [0.5, 0.6) is 0 Å². The predicted molar refractivity (Wildman–Crippen MR) is 36.2 cm³/mol. The first-order valence-electron chi connectivity index (χ1n) is 2.99. The van der Waals surface area contributed by atoms with Crippen LogP contribution in [0.1, 0.15) is 5.82 Å². The Morgan fingerprint density at radius 3 is 3.20 bits per heavy atom. The van der Waals surface area contributed by atoms with Crippen LogP contribution in [0.2, 0.25) is 0 Å². The van der Waals surface area contributed by atoms with Gasteiger partial charge >= 0.3 is 0 Å². The quantitative estimate of drug-likeness (QED) is 0.594. The number of imidazole rings is 1. The standard InChI is InChI=1S/C6H9N3O/c1-6-8-2-3-9(6)4-7-5-10/h2-3,5H,4H2,1H3,(H,7,10). The third-order valence-electron chi connectivity index (χ3n) is 1.27. The summed E-state index contributed by atoms with van der Waals surface area (Å²) >= 11 is 0. The Labute approximate surface area is 58.9 Å². The zero-order chi connectivity index (χ0) is 7.40. The van der Waals surface area contributed by atoms with Gasteiger partial charge in [-0.25, -0.2) is 4.98 Å². The molecule has 0 atom stereocenters. The molecule has 0 saturated heterocycles. The van der Waals surface area contributed by atoms with Crippen molar-refractivity contribution in [3.05, 3.63) is 18.2 Å². The Bertz CT molecular complexity index is 219. The van der Waals surface area contributed by atoms with Gasteiger partial charge in [0.1, 0.15) is 5.82 Å². The molecular weight excluding hydrogens is 130 g/mol. The fourth-order valence-corrected chi connectivity index (χ4v) is 0.706. The van der Waals surface area contributed by atoms with Crippen LogP contribution in [0, 0.1) is 6.92 Å². The molecular formula is C6H9N3O. The number of rotatable bonds is 3. The SMILES string of the molecule is Cc1nccn1CNC=O. The molecule has 0 fully saturated rings. The van der Waals surface area contributed by atoms with Crippen molar-refractivity contribution < 1.29 is 4.79 Å². The predicted octanol–water partition coefficient (Wildman–Crippen LogP) is -0.105. The fourth-order valence-electron chi connectivity index (χ4n) is 0.706. The molecule has 1 N–H and O–H groups in total. The van der Waals surface area contributed by atoms with E-state index < -0.39 is 0 Å². The van der Waals surface area contributed by atoms with Gasteiger partial charge in [-0.05, 0) is 6.92 Å². The molecule has 0 unspecified atom stereocenters. The third kappa shape index (κ3) is 1.34. The van der Waals surface area contributed by atoms with Gasteiger partial charge in [0.15, 0.2) is 0 Å². The van der Waals surface area contributed by atoms with Crippen LogP contribution in [0.15, 0.2) is 12.4 Å². The topological polar surface area (TPSA) is 46.9 Å². The van der Waals surface area contributed by atoms with Crippen molar-refractivity contribution >= 4 is 6.41 Å². The van der Waals surface area contributed by atoms with Crippen LogP contribution >= 0.6 is 0 Å². The smallest absolute Gasteiger partial charge is 0.208 e. The second-order valence-corrected chi connectivity index (χ2v) is 1.92. The third-order valence-corrected chi connectivity index (χ3v) is 1.27. The Kier molecular flexibility index (Phi) is 2.04. The molecule has 1 rings (SSSR count). The molecule has 1 aromatic rings. The van der Waals surface area contributed by atoms with E-state index in [-0.39, 0.29) is 0 Å². The Morgan fingerprint density at radius 2 is 2.70 bits per heavy atom. The molecule has 0 aromatic carbocycles. The summed E-state index contributed by atoms with van der Waals surface area (Å²) in [6.07, 6.45) is 4.17. The molecule has 0 spiro atoms. The van der Waals surface area contributed by atoms with Crippen LogP contribution in [0.3, 0.4) is 0 Å². The average Bonchev–Trinajstić information content (AvgIpc) is 2.31. The monoisotopic (exact) mass is 139 g/mol. The van der Waals surface area contributed by atoms with E-state index in [0.29, 0.717) is 13.1 Å². The average molecular weight is 139 g/mol. The molecule has 1 aromatic heterocycles. The molecule has 54 valence electrons. The van der Waals surface area contributed by atoms with Gasteiger partial charge in [0.25, 0.3) is 0 Å². The summed E-state index contributed by atoms with van der Waals surface area (Å²) in [4.78, 5) is 13.8. The first-order chi connectivity index (χ1) is 4.84. The minimum Gasteiger partial charge on any atom is -0.341 e. The van der Waals surface area contributed by atoms with Crippen molar-refractivity contribution in [2.45, 2.75) is 13.6 Å². The lowest BCUT2D eigenvalue weighted by molar-refractivity contribution is -0.110. The zero-order valence-corrected chi connectivity index (χ0v) is 5.74. The second kappa shape index (κ2) is 3.00. The number of nitrogens with one attached hydrogen (secondary N) is 1. The molecule has 4 nitrogen and oxygen atoms in total. The van der Waals surface area contributed by atoms with Gasteiger partial charge in [-0.2, -0.15) is 0 Å². The Morgan fingerprint density at radius 1 is 1.90 bits per heavy atom. The van der Waals surface area contributed by atoms with Crippen LogP contribution in [-0.2, 0) is 11.5 Å². The molecule has 4 heteroatoms. The number of amides is 1. The minimum atomic E-state index is 0.495. The Balaban J connectivity index is 2.56. The van der Waals surface area contributed by atoms with Crippen LogP contribution in [0.4, 0.5) is 0 Å². The number of hydrogen-bond acceptors (Lipinski definition) is 2. The van der Waals surface area contributed by atoms with Crippen LogP contribution in [0.25, 0.3) is 0 Å². The number of nitrogens with zero attached hydrogens (tertiary/aromatic N) is 2. The van der Waals surface area contributed by atoms with Crippen molar-refractivity contribution in [1.82, 2.24) is 14.9 Å². The highest BCUT2D eigenvalue weighted by atomic mass is 16.1. The summed E-state index contributed by atoms with van der Waals surface area (Å²) in [5.74, 6) is 0.898. The van der Waals surface area contributed by atoms with E-state index in [1.54, 1.807) is 6.20 Å². The molecule has 0 aliphatic rings. The summed E-state index contributed by atoms with van der Waals surface area (Å²) in [5, 5.41) is 2.53. The first-order valence-corrected chi connectivity index (χ1v) is 2.99. The maximum Gasteiger partial charge on any atom is 0.208 e. The number of aryl methyl sites for hydroxylation is 1. The van der Waals surface area contributed by atoms with Gasteiger partial charge in [0, 0.05) is 12.4 Å². The highest BCUT2D eigenvalue weighted by Crippen LogP contribution is 1.91. The molecule has 1 amide bonds. The van der Waals surface area contributed by atoms with Crippen LogP contribution in [-0.4, -0.2) is 16.0 Å². The van der Waals surface area contributed by atoms with Gasteiger partial charge in [-0.3, -0.25) is 4.79 Å². The summed E-state index contributed by atoms with van der Waals surface area (Å²) in [6.45, 7) is 2.38. The number of aromatic nitrogens is 2. The van der Waals surface area contributed by atoms with E-state index in [4.69, 9.17) is 0 Å². The summed E-state index contributed by atoms with van der Waals surface area (Å²) in [7, 11) is 0. The van der Waals surface area contributed by atoms with E-state index >= 15 is 0 Å². The zero-order valence-electron chi connectivity index (χ0n) is 5.74. The number of hydrogen-bond donors (Lipinski definition) is 1. The highest BCUT2D eigenvalue weighted by Gasteiger charge is 1.92. The number of carbonyl (C=O) groups is 1. The van der Waals surface area contributed by atoms with Crippen molar-refractivity contribution in [2.24, 2.45) is 0 Å². The Hall–Kier alpha value is -1.32. The molecule has 0 bridgehead atoms. The molecule has 10 heavy (non-hydrogen) atoms. The molecule has 1 heterocycles. The first kappa shape index (κ1) is 6.80. The largest absolute Gasteiger partial charge is 0.341 e. The summed E-state index contributed by atoms with van der Waals surface area (Å²) in [5.41, 5.74) is 0. The van der Waals surface area contributed by atoms with E-state index in [1.807, 2.05) is 17.7 Å². The molecule has 0 radical (unpaired) electrons. The lowest BCUT2D eigenvalue weighted by atomic mass is 10.7. The summed E-state index contributed by atoms with van der Waals surface area (Å²) in [6, 6.07) is 0. The van der Waals surface area contributed by atoms with Crippen molar-refractivity contribution in [1.29, 1.82) is 0 Å². The molecule has 0 aliphatic carbocycles. The second-order valence-electron chi connectivity index (χ2n) is 1.92. The lowest BCUT2D eigenvalue weighted by Gasteiger charge is -2.00. The van der Waals surface area contributed by atoms with E-state index in [9.17, 15) is 4.79 Å². The van der Waals surface area contributed by atoms with Crippen molar-refractivity contribution in [3.63, 3.8) is 0 Å². The maximum atomic E-state index is 9.87. The molecule has 0 aliphatic heterocycles. The van der Waals surface area contributed by atoms with Gasteiger partial charge in [-0.1, -0.05) is 0 Å². The van der Waals surface area contributed by atoms with Gasteiger partial charge in [0.2, 0.25) is 6.41 Å². The van der Waals surface area contributed by atoms with Gasteiger partial charge in [0.05, 0.1) is 6.67 Å². The number of carbonyl (C=O) groups excluding carboxylic acids is 1. The van der Waals surface area contributed by atoms with Crippen LogP contribution < -0.4 is 5.32 Å². The normalized spacial score (nSPS) is 9.30. The van der Waals surface area contributed by atoms with Gasteiger partial charge < -0.3 is 9.88 Å².